The van der Waals surface area contributed by atoms with Crippen molar-refractivity contribution in [2.75, 3.05) is 5.32 Å². The number of aryl methyl sites for hydroxylation is 1. The van der Waals surface area contributed by atoms with Gasteiger partial charge in [0.05, 0.1) is 5.56 Å². The fourth-order valence-corrected chi connectivity index (χ4v) is 1.90. The molecule has 0 saturated heterocycles. The molecule has 0 fully saturated rings. The molecule has 1 N–H and O–H groups in total. The molecule has 0 saturated carbocycles. The van der Waals surface area contributed by atoms with Gasteiger partial charge in [0.15, 0.2) is 0 Å². The van der Waals surface area contributed by atoms with E-state index in [2.05, 4.69) is 26.2 Å². The quantitative estimate of drug-likeness (QED) is 0.866. The highest BCUT2D eigenvalue weighted by atomic mass is 79.9. The highest BCUT2D eigenvalue weighted by molar-refractivity contribution is 9.10. The van der Waals surface area contributed by atoms with Gasteiger partial charge in [0.25, 0.3) is 0 Å². The molecule has 0 radical (unpaired) electrons. The second kappa shape index (κ2) is 5.83. The average Bonchev–Trinajstić information content (AvgIpc) is 2.39. The van der Waals surface area contributed by atoms with Gasteiger partial charge >= 0.3 is 6.18 Å². The molecule has 6 heteroatoms. The molecule has 0 aliphatic carbocycles. The first-order chi connectivity index (χ1) is 9.36. The second-order valence-electron chi connectivity index (χ2n) is 4.37. The molecular weight excluding hydrogens is 333 g/mol. The summed E-state index contributed by atoms with van der Waals surface area (Å²) >= 11 is 3.34. The maximum Gasteiger partial charge on any atom is 0.416 e. The lowest BCUT2D eigenvalue weighted by molar-refractivity contribution is -0.137. The number of pyridine rings is 1. The van der Waals surface area contributed by atoms with Crippen LogP contribution in [0.25, 0.3) is 0 Å². The van der Waals surface area contributed by atoms with Crippen molar-refractivity contribution in [2.24, 2.45) is 0 Å². The Hall–Kier alpha value is -1.56. The van der Waals surface area contributed by atoms with Crippen LogP contribution in [0.5, 0.6) is 0 Å². The normalized spacial score (nSPS) is 11.4. The smallest absolute Gasteiger partial charge is 0.366 e. The van der Waals surface area contributed by atoms with Crippen LogP contribution in [-0.2, 0) is 12.7 Å². The van der Waals surface area contributed by atoms with Crippen LogP contribution in [0, 0.1) is 6.92 Å². The van der Waals surface area contributed by atoms with Gasteiger partial charge in [-0.1, -0.05) is 12.1 Å². The molecule has 0 aliphatic heterocycles. The molecule has 0 bridgehead atoms. The molecule has 2 nitrogen and oxygen atoms in total. The average molecular weight is 345 g/mol. The van der Waals surface area contributed by atoms with Crippen LogP contribution in [0.1, 0.15) is 16.7 Å². The predicted octanol–water partition coefficient (Wildman–Crippen LogP) is 4.78. The van der Waals surface area contributed by atoms with Crippen molar-refractivity contribution in [2.45, 2.75) is 19.6 Å². The number of benzene rings is 1. The van der Waals surface area contributed by atoms with Crippen molar-refractivity contribution < 1.29 is 13.2 Å². The summed E-state index contributed by atoms with van der Waals surface area (Å²) in [4.78, 5) is 4.15. The third kappa shape index (κ3) is 3.72. The van der Waals surface area contributed by atoms with E-state index in [1.54, 1.807) is 12.3 Å². The Labute approximate surface area is 123 Å². The second-order valence-corrected chi connectivity index (χ2v) is 5.22. The zero-order valence-electron chi connectivity index (χ0n) is 10.6. The Morgan fingerprint density at radius 2 is 2.00 bits per heavy atom. The van der Waals surface area contributed by atoms with Crippen molar-refractivity contribution in [3.63, 3.8) is 0 Å². The first-order valence-corrected chi connectivity index (χ1v) is 6.68. The summed E-state index contributed by atoms with van der Waals surface area (Å²) in [6.45, 7) is 2.21. The molecule has 0 unspecified atom stereocenters. The number of alkyl halides is 3. The molecule has 0 atom stereocenters. The van der Waals surface area contributed by atoms with Crippen LogP contribution >= 0.6 is 15.9 Å². The van der Waals surface area contributed by atoms with E-state index in [9.17, 15) is 13.2 Å². The zero-order chi connectivity index (χ0) is 14.8. The molecule has 1 aromatic carbocycles. The summed E-state index contributed by atoms with van der Waals surface area (Å²) < 4.78 is 38.7. The lowest BCUT2D eigenvalue weighted by Crippen LogP contribution is -2.07. The molecular formula is C14H12BrF3N2. The third-order valence-electron chi connectivity index (χ3n) is 2.77. The van der Waals surface area contributed by atoms with E-state index in [1.165, 1.54) is 6.07 Å². The molecule has 0 spiro atoms. The van der Waals surface area contributed by atoms with Gasteiger partial charge < -0.3 is 5.32 Å². The van der Waals surface area contributed by atoms with Gasteiger partial charge in [-0.2, -0.15) is 13.2 Å². The van der Waals surface area contributed by atoms with E-state index in [-0.39, 0.29) is 6.54 Å². The van der Waals surface area contributed by atoms with Crippen molar-refractivity contribution >= 4 is 21.7 Å². The van der Waals surface area contributed by atoms with Crippen molar-refractivity contribution in [3.8, 4) is 0 Å². The van der Waals surface area contributed by atoms with Gasteiger partial charge in [-0.05, 0) is 52.2 Å². The fourth-order valence-electron chi connectivity index (χ4n) is 1.69. The van der Waals surface area contributed by atoms with E-state index in [4.69, 9.17) is 0 Å². The fraction of sp³-hybridized carbons (Fsp3) is 0.214. The van der Waals surface area contributed by atoms with Gasteiger partial charge in [-0.25, -0.2) is 4.98 Å². The minimum atomic E-state index is -4.32. The zero-order valence-corrected chi connectivity index (χ0v) is 12.2. The number of hydrogen-bond acceptors (Lipinski definition) is 2. The minimum Gasteiger partial charge on any atom is -0.366 e. The number of rotatable bonds is 3. The maximum absolute atomic E-state index is 12.6. The topological polar surface area (TPSA) is 24.9 Å². The first kappa shape index (κ1) is 14.8. The van der Waals surface area contributed by atoms with Crippen LogP contribution in [0.4, 0.5) is 19.0 Å². The largest absolute Gasteiger partial charge is 0.416 e. The molecule has 20 heavy (non-hydrogen) atoms. The van der Waals surface area contributed by atoms with Gasteiger partial charge in [0.2, 0.25) is 0 Å². The Bertz CT molecular complexity index is 612. The van der Waals surface area contributed by atoms with Crippen LogP contribution in [0.3, 0.4) is 0 Å². The lowest BCUT2D eigenvalue weighted by Gasteiger charge is -2.10. The van der Waals surface area contributed by atoms with Gasteiger partial charge in [0, 0.05) is 17.2 Å². The summed E-state index contributed by atoms with van der Waals surface area (Å²) in [6, 6.07) is 7.08. The predicted molar refractivity (Wildman–Crippen MR) is 75.4 cm³/mol. The van der Waals surface area contributed by atoms with Crippen molar-refractivity contribution in [1.29, 1.82) is 0 Å². The third-order valence-corrected chi connectivity index (χ3v) is 3.61. The first-order valence-electron chi connectivity index (χ1n) is 5.88. The molecule has 0 amide bonds. The number of anilines is 1. The SMILES string of the molecule is Cc1cc(NCc2cccc(C(F)(F)F)c2)ncc1Br. The minimum absolute atomic E-state index is 0.290. The van der Waals surface area contributed by atoms with E-state index in [0.717, 1.165) is 22.2 Å². The molecule has 0 aliphatic rings. The highest BCUT2D eigenvalue weighted by Gasteiger charge is 2.30. The lowest BCUT2D eigenvalue weighted by atomic mass is 10.1. The van der Waals surface area contributed by atoms with E-state index in [1.807, 2.05) is 13.0 Å². The Balaban J connectivity index is 2.09. The number of aromatic nitrogens is 1. The van der Waals surface area contributed by atoms with E-state index < -0.39 is 11.7 Å². The number of halogens is 4. The summed E-state index contributed by atoms with van der Waals surface area (Å²) in [5.74, 6) is 0.628. The summed E-state index contributed by atoms with van der Waals surface area (Å²) in [7, 11) is 0. The van der Waals surface area contributed by atoms with Crippen molar-refractivity contribution in [1.82, 2.24) is 4.98 Å². The summed E-state index contributed by atoms with van der Waals surface area (Å²) in [6.07, 6.45) is -2.66. The highest BCUT2D eigenvalue weighted by Crippen LogP contribution is 2.29. The molecule has 106 valence electrons. The van der Waals surface area contributed by atoms with Crippen LogP contribution < -0.4 is 5.32 Å². The van der Waals surface area contributed by atoms with Gasteiger partial charge in [-0.3, -0.25) is 0 Å². The summed E-state index contributed by atoms with van der Waals surface area (Å²) in [5.41, 5.74) is 0.922. The molecule has 2 aromatic rings. The monoisotopic (exact) mass is 344 g/mol. The molecule has 1 heterocycles. The van der Waals surface area contributed by atoms with Crippen LogP contribution in [-0.4, -0.2) is 4.98 Å². The van der Waals surface area contributed by atoms with E-state index in [0.29, 0.717) is 11.4 Å². The Kier molecular flexibility index (Phi) is 4.32. The standard InChI is InChI=1S/C14H12BrF3N2/c1-9-5-13(20-8-12(9)15)19-7-10-3-2-4-11(6-10)14(16,17)18/h2-6,8H,7H2,1H3,(H,19,20). The Morgan fingerprint density at radius 3 is 2.65 bits per heavy atom. The molecule has 2 rings (SSSR count). The summed E-state index contributed by atoms with van der Waals surface area (Å²) in [5, 5.41) is 3.01. The molecule has 1 aromatic heterocycles. The van der Waals surface area contributed by atoms with Crippen LogP contribution in [0.15, 0.2) is 41.0 Å². The van der Waals surface area contributed by atoms with Gasteiger partial charge in [0.1, 0.15) is 5.82 Å². The van der Waals surface area contributed by atoms with Crippen LogP contribution in [0.2, 0.25) is 0 Å². The number of hydrogen-bond donors (Lipinski definition) is 1. The Morgan fingerprint density at radius 1 is 1.25 bits per heavy atom. The maximum atomic E-state index is 12.6. The number of nitrogens with zero attached hydrogens (tertiary/aromatic N) is 1. The van der Waals surface area contributed by atoms with Gasteiger partial charge in [-0.15, -0.1) is 0 Å². The number of nitrogens with one attached hydrogen (secondary N) is 1. The van der Waals surface area contributed by atoms with E-state index >= 15 is 0 Å². The van der Waals surface area contributed by atoms with Crippen molar-refractivity contribution in [3.05, 3.63) is 57.7 Å².